The Balaban J connectivity index is 2.04. The van der Waals surface area contributed by atoms with E-state index in [-0.39, 0.29) is 0 Å². The van der Waals surface area contributed by atoms with Gasteiger partial charge in [0, 0.05) is 4.75 Å². The fourth-order valence-electron chi connectivity index (χ4n) is 2.43. The van der Waals surface area contributed by atoms with Crippen molar-refractivity contribution < 1.29 is 0 Å². The summed E-state index contributed by atoms with van der Waals surface area (Å²) in [4.78, 5) is 0. The average Bonchev–Trinajstić information content (AvgIpc) is 2.97. The molecule has 1 aliphatic carbocycles. The van der Waals surface area contributed by atoms with Crippen LogP contribution in [0.4, 0.5) is 0 Å². The number of nitrogens with zero attached hydrogens (tertiary/aromatic N) is 4. The van der Waals surface area contributed by atoms with Crippen LogP contribution in [0.5, 0.6) is 0 Å². The van der Waals surface area contributed by atoms with E-state index in [0.717, 1.165) is 25.5 Å². The van der Waals surface area contributed by atoms with Crippen molar-refractivity contribution in [2.24, 2.45) is 0 Å². The number of thioether (sulfide) groups is 1. The number of rotatable bonds is 6. The van der Waals surface area contributed by atoms with Gasteiger partial charge in [0.05, 0.1) is 13.1 Å². The lowest BCUT2D eigenvalue weighted by Gasteiger charge is -2.26. The Labute approximate surface area is 107 Å². The minimum atomic E-state index is 0.357. The molecule has 6 heteroatoms. The summed E-state index contributed by atoms with van der Waals surface area (Å²) in [5.41, 5.74) is 0. The third-order valence-corrected chi connectivity index (χ3v) is 4.93. The Morgan fingerprint density at radius 1 is 1.41 bits per heavy atom. The number of aromatic nitrogens is 4. The Morgan fingerprint density at radius 3 is 2.82 bits per heavy atom. The van der Waals surface area contributed by atoms with Gasteiger partial charge in [-0.1, -0.05) is 19.8 Å². The van der Waals surface area contributed by atoms with E-state index in [9.17, 15) is 0 Å². The molecule has 0 aromatic carbocycles. The molecule has 0 bridgehead atoms. The van der Waals surface area contributed by atoms with Crippen molar-refractivity contribution in [1.29, 1.82) is 0 Å². The Hall–Kier alpha value is -0.620. The third kappa shape index (κ3) is 2.98. The minimum absolute atomic E-state index is 0.357. The van der Waals surface area contributed by atoms with Crippen molar-refractivity contribution in [2.45, 2.75) is 50.4 Å². The first-order valence-electron chi connectivity index (χ1n) is 6.30. The van der Waals surface area contributed by atoms with Gasteiger partial charge in [0.1, 0.15) is 0 Å². The quantitative estimate of drug-likeness (QED) is 0.834. The number of hydrogen-bond donors (Lipinski definition) is 1. The molecule has 1 aromatic heterocycles. The van der Waals surface area contributed by atoms with Gasteiger partial charge < -0.3 is 5.32 Å². The lowest BCUT2D eigenvalue weighted by atomic mass is 10.1. The summed E-state index contributed by atoms with van der Waals surface area (Å²) in [6, 6.07) is 0. The molecule has 5 nitrogen and oxygen atoms in total. The fraction of sp³-hybridized carbons (Fsp3) is 0.909. The zero-order valence-corrected chi connectivity index (χ0v) is 11.5. The molecule has 0 spiro atoms. The first kappa shape index (κ1) is 12.8. The number of tetrazole rings is 1. The van der Waals surface area contributed by atoms with Gasteiger partial charge in [0.25, 0.3) is 0 Å². The second-order valence-electron chi connectivity index (χ2n) is 4.63. The van der Waals surface area contributed by atoms with Crippen molar-refractivity contribution in [3.05, 3.63) is 5.82 Å². The van der Waals surface area contributed by atoms with Crippen LogP contribution in [0.15, 0.2) is 0 Å². The molecular weight excluding hydrogens is 234 g/mol. The topological polar surface area (TPSA) is 55.6 Å². The Kier molecular flexibility index (Phi) is 4.39. The largest absolute Gasteiger partial charge is 0.310 e. The van der Waals surface area contributed by atoms with Crippen LogP contribution >= 0.6 is 11.8 Å². The third-order valence-electron chi connectivity index (χ3n) is 3.52. The van der Waals surface area contributed by atoms with Crippen LogP contribution in [-0.2, 0) is 13.1 Å². The molecule has 1 aliphatic rings. The molecule has 2 rings (SSSR count). The van der Waals surface area contributed by atoms with Crippen molar-refractivity contribution in [2.75, 3.05) is 12.8 Å². The summed E-state index contributed by atoms with van der Waals surface area (Å²) in [7, 11) is 0. The first-order chi connectivity index (χ1) is 8.29. The molecule has 96 valence electrons. The smallest absolute Gasteiger partial charge is 0.165 e. The zero-order valence-electron chi connectivity index (χ0n) is 10.6. The van der Waals surface area contributed by atoms with Gasteiger partial charge in [-0.05, 0) is 36.1 Å². The Morgan fingerprint density at radius 2 is 2.18 bits per heavy atom. The predicted molar refractivity (Wildman–Crippen MR) is 69.9 cm³/mol. The van der Waals surface area contributed by atoms with Gasteiger partial charge in [-0.3, -0.25) is 0 Å². The van der Waals surface area contributed by atoms with Crippen LogP contribution in [0.3, 0.4) is 0 Å². The monoisotopic (exact) mass is 255 g/mol. The van der Waals surface area contributed by atoms with E-state index in [4.69, 9.17) is 0 Å². The van der Waals surface area contributed by atoms with Crippen LogP contribution < -0.4 is 5.32 Å². The van der Waals surface area contributed by atoms with E-state index in [0.29, 0.717) is 4.75 Å². The predicted octanol–water partition coefficient (Wildman–Crippen LogP) is 1.46. The fourth-order valence-corrected chi connectivity index (χ4v) is 3.38. The maximum atomic E-state index is 4.13. The van der Waals surface area contributed by atoms with Gasteiger partial charge in [-0.2, -0.15) is 11.8 Å². The maximum absolute atomic E-state index is 4.13. The zero-order chi connectivity index (χ0) is 12.1. The van der Waals surface area contributed by atoms with Crippen LogP contribution in [-0.4, -0.2) is 37.8 Å². The standard InChI is InChI=1S/C11H21N5S/c1-3-12-8-10-13-14-15-16(10)9-11(17-2)6-4-5-7-11/h12H,3-9H2,1-2H3. The van der Waals surface area contributed by atoms with Crippen molar-refractivity contribution in [1.82, 2.24) is 25.5 Å². The molecule has 0 amide bonds. The van der Waals surface area contributed by atoms with E-state index in [1.165, 1.54) is 25.7 Å². The molecule has 0 radical (unpaired) electrons. The van der Waals surface area contributed by atoms with Gasteiger partial charge in [-0.15, -0.1) is 5.10 Å². The van der Waals surface area contributed by atoms with E-state index in [1.54, 1.807) is 0 Å². The van der Waals surface area contributed by atoms with Crippen molar-refractivity contribution in [3.63, 3.8) is 0 Å². The maximum Gasteiger partial charge on any atom is 0.165 e. The van der Waals surface area contributed by atoms with E-state index in [1.807, 2.05) is 16.4 Å². The van der Waals surface area contributed by atoms with Crippen molar-refractivity contribution >= 4 is 11.8 Å². The molecule has 0 aliphatic heterocycles. The second kappa shape index (κ2) is 5.82. The van der Waals surface area contributed by atoms with Gasteiger partial charge >= 0.3 is 0 Å². The normalized spacial score (nSPS) is 18.7. The number of nitrogens with one attached hydrogen (secondary N) is 1. The molecule has 0 saturated heterocycles. The molecule has 0 atom stereocenters. The van der Waals surface area contributed by atoms with Gasteiger partial charge in [0.2, 0.25) is 0 Å². The molecule has 1 heterocycles. The first-order valence-corrected chi connectivity index (χ1v) is 7.53. The summed E-state index contributed by atoms with van der Waals surface area (Å²) in [6.45, 7) is 4.74. The minimum Gasteiger partial charge on any atom is -0.310 e. The molecular formula is C11H21N5S. The highest BCUT2D eigenvalue weighted by Gasteiger charge is 2.34. The SMILES string of the molecule is CCNCc1nnnn1CC1(SC)CCCC1. The van der Waals surface area contributed by atoms with Gasteiger partial charge in [-0.25, -0.2) is 4.68 Å². The summed E-state index contributed by atoms with van der Waals surface area (Å²) in [5, 5.41) is 15.3. The molecule has 1 fully saturated rings. The van der Waals surface area contributed by atoms with Crippen LogP contribution in [0.2, 0.25) is 0 Å². The van der Waals surface area contributed by atoms with Gasteiger partial charge in [0.15, 0.2) is 5.82 Å². The summed E-state index contributed by atoms with van der Waals surface area (Å²) < 4.78 is 2.33. The number of hydrogen-bond acceptors (Lipinski definition) is 5. The highest BCUT2D eigenvalue weighted by Crippen LogP contribution is 2.41. The van der Waals surface area contributed by atoms with Crippen LogP contribution in [0.1, 0.15) is 38.4 Å². The van der Waals surface area contributed by atoms with Crippen LogP contribution in [0.25, 0.3) is 0 Å². The lowest BCUT2D eigenvalue weighted by molar-refractivity contribution is 0.444. The van der Waals surface area contributed by atoms with E-state index >= 15 is 0 Å². The second-order valence-corrected chi connectivity index (χ2v) is 5.90. The highest BCUT2D eigenvalue weighted by atomic mass is 32.2. The molecule has 1 aromatic rings. The molecule has 0 unspecified atom stereocenters. The average molecular weight is 255 g/mol. The molecule has 1 N–H and O–H groups in total. The van der Waals surface area contributed by atoms with E-state index in [2.05, 4.69) is 34.0 Å². The molecule has 17 heavy (non-hydrogen) atoms. The molecule has 1 saturated carbocycles. The van der Waals surface area contributed by atoms with Crippen molar-refractivity contribution in [3.8, 4) is 0 Å². The highest BCUT2D eigenvalue weighted by molar-refractivity contribution is 8.00. The lowest BCUT2D eigenvalue weighted by Crippen LogP contribution is -2.29. The van der Waals surface area contributed by atoms with E-state index < -0.39 is 0 Å². The summed E-state index contributed by atoms with van der Waals surface area (Å²) in [6.07, 6.45) is 7.46. The van der Waals surface area contributed by atoms with Crippen LogP contribution in [0, 0.1) is 0 Å². The summed E-state index contributed by atoms with van der Waals surface area (Å²) >= 11 is 1.97. The summed E-state index contributed by atoms with van der Waals surface area (Å²) in [5.74, 6) is 0.951. The Bertz CT molecular complexity index is 345.